The molecule has 0 aromatic carbocycles. The molecular formula is C7H12O5. The van der Waals surface area contributed by atoms with E-state index in [4.69, 9.17) is 14.9 Å². The van der Waals surface area contributed by atoms with Gasteiger partial charge in [0.2, 0.25) is 0 Å². The number of aliphatic carboxylic acids is 1. The Morgan fingerprint density at radius 1 is 1.58 bits per heavy atom. The summed E-state index contributed by atoms with van der Waals surface area (Å²) in [5.41, 5.74) is -1.61. The molecule has 70 valence electrons. The molecule has 0 bridgehead atoms. The Bertz CT molecular complexity index is 173. The number of aliphatic hydroxyl groups excluding tert-OH is 1. The van der Waals surface area contributed by atoms with Crippen LogP contribution in [0.4, 0.5) is 0 Å². The highest BCUT2D eigenvalue weighted by atomic mass is 16.5. The van der Waals surface area contributed by atoms with Crippen molar-refractivity contribution >= 4 is 5.97 Å². The number of rotatable bonds is 2. The summed E-state index contributed by atoms with van der Waals surface area (Å²) in [7, 11) is 0. The topological polar surface area (TPSA) is 87.0 Å². The Labute approximate surface area is 69.6 Å². The van der Waals surface area contributed by atoms with E-state index in [1.54, 1.807) is 0 Å². The third-order valence-corrected chi connectivity index (χ3v) is 1.99. The first-order valence-corrected chi connectivity index (χ1v) is 3.77. The molecule has 0 aromatic heterocycles. The fourth-order valence-electron chi connectivity index (χ4n) is 1.25. The molecule has 3 N–H and O–H groups in total. The molecule has 5 nitrogen and oxygen atoms in total. The van der Waals surface area contributed by atoms with Gasteiger partial charge in [0.25, 0.3) is 0 Å². The summed E-state index contributed by atoms with van der Waals surface area (Å²) in [4.78, 5) is 10.3. The average Bonchev–Trinajstić information content (AvgIpc) is 2.04. The average molecular weight is 176 g/mol. The van der Waals surface area contributed by atoms with Crippen molar-refractivity contribution in [2.24, 2.45) is 0 Å². The number of hydrogen-bond acceptors (Lipinski definition) is 4. The van der Waals surface area contributed by atoms with E-state index in [2.05, 4.69) is 0 Å². The van der Waals surface area contributed by atoms with Gasteiger partial charge in [0, 0.05) is 6.61 Å². The first kappa shape index (κ1) is 9.44. The summed E-state index contributed by atoms with van der Waals surface area (Å²) in [5, 5.41) is 27.1. The molecule has 12 heavy (non-hydrogen) atoms. The molecule has 0 radical (unpaired) electrons. The van der Waals surface area contributed by atoms with E-state index in [1.807, 2.05) is 0 Å². The van der Waals surface area contributed by atoms with Gasteiger partial charge in [-0.05, 0) is 12.8 Å². The monoisotopic (exact) mass is 176 g/mol. The van der Waals surface area contributed by atoms with Crippen LogP contribution >= 0.6 is 0 Å². The second-order valence-electron chi connectivity index (χ2n) is 3.00. The molecule has 1 saturated heterocycles. The van der Waals surface area contributed by atoms with Gasteiger partial charge in [-0.3, -0.25) is 0 Å². The van der Waals surface area contributed by atoms with Gasteiger partial charge in [0.05, 0.1) is 6.61 Å². The summed E-state index contributed by atoms with van der Waals surface area (Å²) in [5.74, 6) is -1.41. The normalized spacial score (nSPS) is 32.8. The van der Waals surface area contributed by atoms with Crippen LogP contribution in [0.2, 0.25) is 0 Å². The van der Waals surface area contributed by atoms with Crippen LogP contribution in [-0.4, -0.2) is 46.2 Å². The van der Waals surface area contributed by atoms with Gasteiger partial charge in [-0.1, -0.05) is 0 Å². The first-order valence-electron chi connectivity index (χ1n) is 3.77. The maximum atomic E-state index is 10.3. The van der Waals surface area contributed by atoms with Gasteiger partial charge in [-0.2, -0.15) is 0 Å². The van der Waals surface area contributed by atoms with Crippen LogP contribution in [-0.2, 0) is 9.53 Å². The summed E-state index contributed by atoms with van der Waals surface area (Å²) in [6.07, 6.45) is -0.917. The lowest BCUT2D eigenvalue weighted by molar-refractivity contribution is -0.180. The highest BCUT2D eigenvalue weighted by Crippen LogP contribution is 2.22. The third-order valence-electron chi connectivity index (χ3n) is 1.99. The second-order valence-corrected chi connectivity index (χ2v) is 3.00. The molecule has 0 spiro atoms. The van der Waals surface area contributed by atoms with Crippen molar-refractivity contribution in [1.29, 1.82) is 0 Å². The van der Waals surface area contributed by atoms with Crippen molar-refractivity contribution in [3.63, 3.8) is 0 Å². The number of carboxylic acid groups (broad SMARTS) is 1. The Balaban J connectivity index is 2.62. The van der Waals surface area contributed by atoms with Crippen LogP contribution in [0.5, 0.6) is 0 Å². The minimum Gasteiger partial charge on any atom is -0.479 e. The number of carboxylic acids is 1. The van der Waals surface area contributed by atoms with Crippen LogP contribution in [0.3, 0.4) is 0 Å². The van der Waals surface area contributed by atoms with Gasteiger partial charge in [-0.25, -0.2) is 4.79 Å². The molecule has 5 heteroatoms. The zero-order valence-electron chi connectivity index (χ0n) is 6.56. The van der Waals surface area contributed by atoms with Gasteiger partial charge in [0.15, 0.2) is 6.10 Å². The van der Waals surface area contributed by atoms with Gasteiger partial charge in [0.1, 0.15) is 5.60 Å². The van der Waals surface area contributed by atoms with Crippen LogP contribution in [0.25, 0.3) is 0 Å². The maximum Gasteiger partial charge on any atom is 0.335 e. The van der Waals surface area contributed by atoms with Crippen LogP contribution < -0.4 is 0 Å². The molecule has 1 rings (SSSR count). The zero-order valence-corrected chi connectivity index (χ0v) is 6.56. The molecule has 0 amide bonds. The molecule has 0 aliphatic carbocycles. The minimum atomic E-state index is -1.75. The molecule has 1 aliphatic rings. The van der Waals surface area contributed by atoms with Crippen molar-refractivity contribution < 1.29 is 24.9 Å². The molecule has 0 aromatic rings. The van der Waals surface area contributed by atoms with Crippen LogP contribution in [0.1, 0.15) is 12.8 Å². The highest BCUT2D eigenvalue weighted by Gasteiger charge is 2.42. The Morgan fingerprint density at radius 2 is 2.25 bits per heavy atom. The fourth-order valence-corrected chi connectivity index (χ4v) is 1.25. The molecule has 1 aliphatic heterocycles. The number of ether oxygens (including phenoxy) is 1. The Hall–Kier alpha value is -0.650. The van der Waals surface area contributed by atoms with E-state index >= 15 is 0 Å². The predicted molar refractivity (Wildman–Crippen MR) is 38.6 cm³/mol. The largest absolute Gasteiger partial charge is 0.479 e. The quantitative estimate of drug-likeness (QED) is 0.501. The third kappa shape index (κ3) is 1.74. The SMILES string of the molecule is O=C(O)C(O)C1(O)CCCOC1. The van der Waals surface area contributed by atoms with Crippen molar-refractivity contribution in [3.8, 4) is 0 Å². The van der Waals surface area contributed by atoms with Crippen molar-refractivity contribution in [3.05, 3.63) is 0 Å². The van der Waals surface area contributed by atoms with Crippen molar-refractivity contribution in [2.45, 2.75) is 24.5 Å². The van der Waals surface area contributed by atoms with E-state index in [0.717, 1.165) is 0 Å². The van der Waals surface area contributed by atoms with Crippen molar-refractivity contribution in [2.75, 3.05) is 13.2 Å². The van der Waals surface area contributed by atoms with Gasteiger partial charge in [-0.15, -0.1) is 0 Å². The summed E-state index contributed by atoms with van der Waals surface area (Å²) < 4.78 is 4.88. The molecule has 2 atom stereocenters. The van der Waals surface area contributed by atoms with E-state index in [0.29, 0.717) is 13.0 Å². The molecule has 1 heterocycles. The lowest BCUT2D eigenvalue weighted by atomic mass is 9.90. The predicted octanol–water partition coefficient (Wildman–Crippen LogP) is -1.03. The lowest BCUT2D eigenvalue weighted by Gasteiger charge is -2.33. The van der Waals surface area contributed by atoms with E-state index < -0.39 is 17.7 Å². The smallest absolute Gasteiger partial charge is 0.335 e. The van der Waals surface area contributed by atoms with Crippen LogP contribution in [0, 0.1) is 0 Å². The molecular weight excluding hydrogens is 164 g/mol. The molecule has 1 fully saturated rings. The minimum absolute atomic E-state index is 0.111. The standard InChI is InChI=1S/C7H12O5/c8-5(6(9)10)7(11)2-1-3-12-4-7/h5,8,11H,1-4H2,(H,9,10). The first-order chi connectivity index (χ1) is 5.56. The summed E-state index contributed by atoms with van der Waals surface area (Å²) in [6, 6.07) is 0. The number of carbonyl (C=O) groups is 1. The van der Waals surface area contributed by atoms with E-state index in [9.17, 15) is 9.90 Å². The summed E-state index contributed by atoms with van der Waals surface area (Å²) in [6.45, 7) is 0.398. The highest BCUT2D eigenvalue weighted by molar-refractivity contribution is 5.73. The second kappa shape index (κ2) is 3.38. The maximum absolute atomic E-state index is 10.3. The van der Waals surface area contributed by atoms with Gasteiger partial charge >= 0.3 is 5.97 Å². The fraction of sp³-hybridized carbons (Fsp3) is 0.857. The van der Waals surface area contributed by atoms with Gasteiger partial charge < -0.3 is 20.1 Å². The van der Waals surface area contributed by atoms with Crippen molar-refractivity contribution in [1.82, 2.24) is 0 Å². The molecule has 2 unspecified atom stereocenters. The number of hydrogen-bond donors (Lipinski definition) is 3. The lowest BCUT2D eigenvalue weighted by Crippen LogP contribution is -2.52. The zero-order chi connectivity index (χ0) is 9.19. The number of aliphatic hydroxyl groups is 2. The Kier molecular flexibility index (Phi) is 2.66. The van der Waals surface area contributed by atoms with E-state index in [1.165, 1.54) is 0 Å². The Morgan fingerprint density at radius 3 is 2.67 bits per heavy atom. The summed E-state index contributed by atoms with van der Waals surface area (Å²) >= 11 is 0. The molecule has 0 saturated carbocycles. The van der Waals surface area contributed by atoms with E-state index in [-0.39, 0.29) is 13.0 Å². The van der Waals surface area contributed by atoms with Crippen LogP contribution in [0.15, 0.2) is 0 Å².